The Hall–Kier alpha value is -1.57. The number of rotatable bonds is 7. The largest absolute Gasteiger partial charge is 0.433 e. The molecule has 0 aliphatic carbocycles. The van der Waals surface area contributed by atoms with Gasteiger partial charge in [-0.1, -0.05) is 6.92 Å². The Labute approximate surface area is 109 Å². The van der Waals surface area contributed by atoms with Crippen molar-refractivity contribution in [3.63, 3.8) is 0 Å². The second kappa shape index (κ2) is 7.13. The highest BCUT2D eigenvalue weighted by Gasteiger charge is 2.33. The maximum absolute atomic E-state index is 12.5. The fourth-order valence-electron chi connectivity index (χ4n) is 1.34. The molecule has 0 radical (unpaired) electrons. The Morgan fingerprint density at radius 1 is 1.32 bits per heavy atom. The zero-order valence-corrected chi connectivity index (χ0v) is 10.6. The van der Waals surface area contributed by atoms with E-state index in [0.717, 1.165) is 12.5 Å². The minimum absolute atomic E-state index is 0.0651. The lowest BCUT2D eigenvalue weighted by molar-refractivity contribution is -0.141. The third-order valence-electron chi connectivity index (χ3n) is 2.15. The highest BCUT2D eigenvalue weighted by molar-refractivity contribution is 5.41. The van der Waals surface area contributed by atoms with Crippen LogP contribution >= 0.6 is 0 Å². The van der Waals surface area contributed by atoms with Gasteiger partial charge in [0.15, 0.2) is 5.69 Å². The third kappa shape index (κ3) is 5.73. The van der Waals surface area contributed by atoms with E-state index in [2.05, 4.69) is 15.3 Å². The SMILES string of the molecule is CCCOCCCNc1cc(C(F)(F)F)nc(N)n1. The molecule has 3 N–H and O–H groups in total. The van der Waals surface area contributed by atoms with Gasteiger partial charge < -0.3 is 15.8 Å². The van der Waals surface area contributed by atoms with Crippen molar-refractivity contribution in [1.82, 2.24) is 9.97 Å². The van der Waals surface area contributed by atoms with Gasteiger partial charge in [-0.25, -0.2) is 4.98 Å². The monoisotopic (exact) mass is 278 g/mol. The van der Waals surface area contributed by atoms with Gasteiger partial charge in [-0.3, -0.25) is 0 Å². The number of nitrogens with two attached hydrogens (primary N) is 1. The number of alkyl halides is 3. The van der Waals surface area contributed by atoms with Crippen molar-refractivity contribution in [2.75, 3.05) is 30.8 Å². The average Bonchev–Trinajstić information content (AvgIpc) is 2.32. The van der Waals surface area contributed by atoms with Crippen LogP contribution in [-0.2, 0) is 10.9 Å². The number of hydrogen-bond donors (Lipinski definition) is 2. The van der Waals surface area contributed by atoms with Crippen LogP contribution in [0.3, 0.4) is 0 Å². The van der Waals surface area contributed by atoms with E-state index in [1.165, 1.54) is 0 Å². The summed E-state index contributed by atoms with van der Waals surface area (Å²) in [5.74, 6) is -0.338. The molecule has 1 aromatic rings. The normalized spacial score (nSPS) is 11.6. The predicted molar refractivity (Wildman–Crippen MR) is 65.7 cm³/mol. The third-order valence-corrected chi connectivity index (χ3v) is 2.15. The van der Waals surface area contributed by atoms with Crippen molar-refractivity contribution in [3.05, 3.63) is 11.8 Å². The molecule has 0 fully saturated rings. The van der Waals surface area contributed by atoms with Gasteiger partial charge in [0.25, 0.3) is 0 Å². The van der Waals surface area contributed by atoms with Gasteiger partial charge in [0.05, 0.1) is 0 Å². The zero-order valence-electron chi connectivity index (χ0n) is 10.6. The minimum Gasteiger partial charge on any atom is -0.381 e. The predicted octanol–water partition coefficient (Wildman–Crippen LogP) is 2.31. The summed E-state index contributed by atoms with van der Waals surface area (Å²) in [6.07, 6.45) is -2.92. The molecule has 0 spiro atoms. The molecule has 0 atom stereocenters. The first-order valence-corrected chi connectivity index (χ1v) is 5.97. The maximum Gasteiger partial charge on any atom is 0.433 e. The summed E-state index contributed by atoms with van der Waals surface area (Å²) in [4.78, 5) is 6.85. The standard InChI is InChI=1S/C11H17F3N4O/c1-2-5-19-6-3-4-16-9-7-8(11(12,13)14)17-10(15)18-9/h7H,2-6H2,1H3,(H3,15,16,17,18). The molecule has 19 heavy (non-hydrogen) atoms. The number of halogens is 3. The molecule has 0 aliphatic rings. The van der Waals surface area contributed by atoms with Crippen LogP contribution in [0.25, 0.3) is 0 Å². The Balaban J connectivity index is 2.48. The number of ether oxygens (including phenoxy) is 1. The molecule has 0 saturated heterocycles. The summed E-state index contributed by atoms with van der Waals surface area (Å²) in [5.41, 5.74) is 4.19. The van der Waals surface area contributed by atoms with E-state index in [-0.39, 0.29) is 5.82 Å². The van der Waals surface area contributed by atoms with Crippen molar-refractivity contribution in [2.45, 2.75) is 25.9 Å². The summed E-state index contributed by atoms with van der Waals surface area (Å²) >= 11 is 0. The molecular formula is C11H17F3N4O. The molecule has 1 rings (SSSR count). The van der Waals surface area contributed by atoms with Crippen LogP contribution in [0.2, 0.25) is 0 Å². The van der Waals surface area contributed by atoms with E-state index < -0.39 is 17.8 Å². The lowest BCUT2D eigenvalue weighted by Crippen LogP contribution is -2.14. The van der Waals surface area contributed by atoms with Crippen molar-refractivity contribution in [2.24, 2.45) is 0 Å². The molecule has 8 heteroatoms. The fourth-order valence-corrected chi connectivity index (χ4v) is 1.34. The van der Waals surface area contributed by atoms with Crippen LogP contribution in [0.1, 0.15) is 25.5 Å². The highest BCUT2D eigenvalue weighted by Crippen LogP contribution is 2.29. The number of aromatic nitrogens is 2. The number of nitrogens with one attached hydrogen (secondary N) is 1. The number of nitrogens with zero attached hydrogens (tertiary/aromatic N) is 2. The van der Waals surface area contributed by atoms with Crippen LogP contribution in [0.4, 0.5) is 24.9 Å². The van der Waals surface area contributed by atoms with Crippen molar-refractivity contribution in [1.29, 1.82) is 0 Å². The Morgan fingerprint density at radius 3 is 2.68 bits per heavy atom. The molecule has 108 valence electrons. The van der Waals surface area contributed by atoms with Gasteiger partial charge >= 0.3 is 6.18 Å². The smallest absolute Gasteiger partial charge is 0.381 e. The van der Waals surface area contributed by atoms with Crippen LogP contribution in [0, 0.1) is 0 Å². The van der Waals surface area contributed by atoms with Gasteiger partial charge in [0, 0.05) is 25.8 Å². The van der Waals surface area contributed by atoms with Crippen LogP contribution < -0.4 is 11.1 Å². The quantitative estimate of drug-likeness (QED) is 0.749. The molecular weight excluding hydrogens is 261 g/mol. The molecule has 5 nitrogen and oxygen atoms in total. The second-order valence-corrected chi connectivity index (χ2v) is 3.89. The second-order valence-electron chi connectivity index (χ2n) is 3.89. The van der Waals surface area contributed by atoms with Crippen molar-refractivity contribution in [3.8, 4) is 0 Å². The minimum atomic E-state index is -4.53. The first kappa shape index (κ1) is 15.5. The molecule has 0 aliphatic heterocycles. The van der Waals surface area contributed by atoms with Gasteiger partial charge in [-0.15, -0.1) is 0 Å². The summed E-state index contributed by atoms with van der Waals surface area (Å²) in [5, 5.41) is 2.76. The van der Waals surface area contributed by atoms with Crippen molar-refractivity contribution < 1.29 is 17.9 Å². The van der Waals surface area contributed by atoms with Gasteiger partial charge in [0.1, 0.15) is 5.82 Å². The lowest BCUT2D eigenvalue weighted by atomic mass is 10.3. The number of hydrogen-bond acceptors (Lipinski definition) is 5. The van der Waals surface area contributed by atoms with E-state index in [4.69, 9.17) is 10.5 Å². The van der Waals surface area contributed by atoms with E-state index in [0.29, 0.717) is 26.2 Å². The maximum atomic E-state index is 12.5. The first-order valence-electron chi connectivity index (χ1n) is 5.97. The molecule has 0 unspecified atom stereocenters. The number of nitrogen functional groups attached to an aromatic ring is 1. The summed E-state index contributed by atoms with van der Waals surface area (Å²) in [7, 11) is 0. The van der Waals surface area contributed by atoms with Crippen LogP contribution in [0.15, 0.2) is 6.07 Å². The van der Waals surface area contributed by atoms with E-state index in [1.807, 2.05) is 6.92 Å². The Morgan fingerprint density at radius 2 is 2.05 bits per heavy atom. The summed E-state index contributed by atoms with van der Waals surface area (Å²) in [6, 6.07) is 0.837. The topological polar surface area (TPSA) is 73.1 Å². The van der Waals surface area contributed by atoms with Gasteiger partial charge in [-0.05, 0) is 12.8 Å². The molecule has 0 saturated carbocycles. The first-order chi connectivity index (χ1) is 8.93. The van der Waals surface area contributed by atoms with Crippen LogP contribution in [0.5, 0.6) is 0 Å². The van der Waals surface area contributed by atoms with Gasteiger partial charge in [-0.2, -0.15) is 18.2 Å². The van der Waals surface area contributed by atoms with E-state index in [1.54, 1.807) is 0 Å². The molecule has 1 heterocycles. The lowest BCUT2D eigenvalue weighted by Gasteiger charge is -2.10. The van der Waals surface area contributed by atoms with Crippen molar-refractivity contribution >= 4 is 11.8 Å². The summed E-state index contributed by atoms with van der Waals surface area (Å²) < 4.78 is 42.7. The van der Waals surface area contributed by atoms with Gasteiger partial charge in [0.2, 0.25) is 5.95 Å². The number of anilines is 2. The fraction of sp³-hybridized carbons (Fsp3) is 0.636. The average molecular weight is 278 g/mol. The van der Waals surface area contributed by atoms with E-state index >= 15 is 0 Å². The highest BCUT2D eigenvalue weighted by atomic mass is 19.4. The molecule has 0 amide bonds. The van der Waals surface area contributed by atoms with Crippen LogP contribution in [-0.4, -0.2) is 29.7 Å². The molecule has 1 aromatic heterocycles. The summed E-state index contributed by atoms with van der Waals surface area (Å²) in [6.45, 7) is 3.68. The molecule has 0 aromatic carbocycles. The van der Waals surface area contributed by atoms with E-state index in [9.17, 15) is 13.2 Å². The Kier molecular flexibility index (Phi) is 5.81. The molecule has 0 bridgehead atoms. The zero-order chi connectivity index (χ0) is 14.3. The Bertz CT molecular complexity index is 398.